The van der Waals surface area contributed by atoms with Gasteiger partial charge in [-0.3, -0.25) is 0 Å². The smallest absolute Gasteiger partial charge is 0.217 e. The first-order valence-corrected chi connectivity index (χ1v) is 4.97. The van der Waals surface area contributed by atoms with Gasteiger partial charge in [0.1, 0.15) is 12.1 Å². The molecule has 0 aliphatic carbocycles. The van der Waals surface area contributed by atoms with E-state index in [-0.39, 0.29) is 0 Å². The van der Waals surface area contributed by atoms with Gasteiger partial charge in [0.2, 0.25) is 5.95 Å². The van der Waals surface area contributed by atoms with Crippen molar-refractivity contribution in [2.24, 2.45) is 5.92 Å². The third-order valence-corrected chi connectivity index (χ3v) is 1.90. The topological polar surface area (TPSA) is 58.0 Å². The van der Waals surface area contributed by atoms with Crippen molar-refractivity contribution in [3.8, 4) is 0 Å². The maximum atomic E-state index is 12.6. The average molecular weight is 213 g/mol. The van der Waals surface area contributed by atoms with Crippen LogP contribution in [0.1, 0.15) is 20.3 Å². The Morgan fingerprint density at radius 1 is 1.47 bits per heavy atom. The lowest BCUT2D eigenvalue weighted by Gasteiger charge is -2.13. The molecular formula is C10H16FN3O. The molecule has 0 bridgehead atoms. The minimum atomic E-state index is -0.578. The Morgan fingerprint density at radius 3 is 2.80 bits per heavy atom. The third-order valence-electron chi connectivity index (χ3n) is 1.90. The van der Waals surface area contributed by atoms with Gasteiger partial charge in [-0.05, 0) is 12.3 Å². The molecule has 0 aromatic carbocycles. The van der Waals surface area contributed by atoms with Crippen LogP contribution in [0.2, 0.25) is 0 Å². The highest BCUT2D eigenvalue weighted by molar-refractivity contribution is 5.32. The van der Waals surface area contributed by atoms with E-state index in [1.165, 1.54) is 6.07 Å². The summed E-state index contributed by atoms with van der Waals surface area (Å²) in [7, 11) is 0. The first-order chi connectivity index (χ1) is 7.08. The monoisotopic (exact) mass is 213 g/mol. The Bertz CT molecular complexity index is 306. The fourth-order valence-electron chi connectivity index (χ4n) is 1.28. The summed E-state index contributed by atoms with van der Waals surface area (Å²) in [6, 6.07) is 1.20. The molecule has 1 aromatic rings. The van der Waals surface area contributed by atoms with Crippen LogP contribution in [-0.2, 0) is 0 Å². The van der Waals surface area contributed by atoms with E-state index in [2.05, 4.69) is 15.3 Å². The van der Waals surface area contributed by atoms with Crippen LogP contribution in [0.15, 0.2) is 12.4 Å². The molecule has 0 amide bonds. The molecule has 5 heteroatoms. The molecule has 1 unspecified atom stereocenters. The lowest BCUT2D eigenvalue weighted by molar-refractivity contribution is 0.161. The van der Waals surface area contributed by atoms with Crippen molar-refractivity contribution in [1.82, 2.24) is 9.97 Å². The molecule has 0 saturated heterocycles. The first-order valence-electron chi connectivity index (χ1n) is 4.97. The van der Waals surface area contributed by atoms with E-state index in [4.69, 9.17) is 0 Å². The lowest BCUT2D eigenvalue weighted by Crippen LogP contribution is -2.21. The molecule has 0 saturated carbocycles. The van der Waals surface area contributed by atoms with Gasteiger partial charge >= 0.3 is 0 Å². The van der Waals surface area contributed by atoms with Gasteiger partial charge in [-0.1, -0.05) is 13.8 Å². The van der Waals surface area contributed by atoms with E-state index < -0.39 is 12.1 Å². The minimum absolute atomic E-state index is 0.370. The molecule has 84 valence electrons. The van der Waals surface area contributed by atoms with Crippen molar-refractivity contribution in [3.05, 3.63) is 18.3 Å². The Morgan fingerprint density at radius 2 is 2.20 bits per heavy atom. The SMILES string of the molecule is CC(C)CC(O)CNc1cc(F)ncn1. The second kappa shape index (κ2) is 5.60. The number of nitrogens with one attached hydrogen (secondary N) is 1. The van der Waals surface area contributed by atoms with Crippen molar-refractivity contribution in [3.63, 3.8) is 0 Å². The molecule has 4 nitrogen and oxygen atoms in total. The van der Waals surface area contributed by atoms with Crippen LogP contribution in [0.4, 0.5) is 10.2 Å². The summed E-state index contributed by atoms with van der Waals surface area (Å²) >= 11 is 0. The summed E-state index contributed by atoms with van der Waals surface area (Å²) in [4.78, 5) is 7.15. The predicted molar refractivity (Wildman–Crippen MR) is 55.9 cm³/mol. The summed E-state index contributed by atoms with van der Waals surface area (Å²) in [6.45, 7) is 4.44. The van der Waals surface area contributed by atoms with Gasteiger partial charge in [-0.25, -0.2) is 9.97 Å². The van der Waals surface area contributed by atoms with Gasteiger partial charge in [0.15, 0.2) is 0 Å². The zero-order valence-electron chi connectivity index (χ0n) is 8.94. The molecule has 0 fully saturated rings. The Hall–Kier alpha value is -1.23. The molecule has 0 aliphatic rings. The van der Waals surface area contributed by atoms with Crippen molar-refractivity contribution >= 4 is 5.82 Å². The molecule has 1 aromatic heterocycles. The number of hydrogen-bond donors (Lipinski definition) is 2. The molecule has 0 radical (unpaired) electrons. The van der Waals surface area contributed by atoms with Gasteiger partial charge in [-0.2, -0.15) is 4.39 Å². The molecule has 1 heterocycles. The van der Waals surface area contributed by atoms with Crippen LogP contribution in [-0.4, -0.2) is 27.7 Å². The largest absolute Gasteiger partial charge is 0.391 e. The highest BCUT2D eigenvalue weighted by Gasteiger charge is 2.07. The molecule has 0 spiro atoms. The van der Waals surface area contributed by atoms with Gasteiger partial charge in [0, 0.05) is 12.6 Å². The molecule has 15 heavy (non-hydrogen) atoms. The zero-order chi connectivity index (χ0) is 11.3. The summed E-state index contributed by atoms with van der Waals surface area (Å²) in [6.07, 6.45) is 1.41. The van der Waals surface area contributed by atoms with Gasteiger partial charge < -0.3 is 10.4 Å². The van der Waals surface area contributed by atoms with E-state index in [1.54, 1.807) is 0 Å². The van der Waals surface area contributed by atoms with E-state index in [1.807, 2.05) is 13.8 Å². The van der Waals surface area contributed by atoms with Crippen LogP contribution < -0.4 is 5.32 Å². The summed E-state index contributed by atoms with van der Waals surface area (Å²) in [5, 5.41) is 12.4. The van der Waals surface area contributed by atoms with Crippen molar-refractivity contribution < 1.29 is 9.50 Å². The fraction of sp³-hybridized carbons (Fsp3) is 0.600. The number of nitrogens with zero attached hydrogens (tertiary/aromatic N) is 2. The van der Waals surface area contributed by atoms with Gasteiger partial charge in [0.05, 0.1) is 6.10 Å². The van der Waals surface area contributed by atoms with E-state index in [9.17, 15) is 9.50 Å². The third kappa shape index (κ3) is 4.69. The summed E-state index contributed by atoms with van der Waals surface area (Å²) in [5.74, 6) is 0.250. The number of aliphatic hydroxyl groups is 1. The van der Waals surface area contributed by atoms with Crippen LogP contribution in [0, 0.1) is 11.9 Å². The Kier molecular flexibility index (Phi) is 4.42. The highest BCUT2D eigenvalue weighted by Crippen LogP contribution is 2.06. The number of aromatic nitrogens is 2. The quantitative estimate of drug-likeness (QED) is 0.726. The van der Waals surface area contributed by atoms with Crippen molar-refractivity contribution in [2.75, 3.05) is 11.9 Å². The highest BCUT2D eigenvalue weighted by atomic mass is 19.1. The normalized spacial score (nSPS) is 12.9. The minimum Gasteiger partial charge on any atom is -0.391 e. The van der Waals surface area contributed by atoms with E-state index in [0.717, 1.165) is 6.33 Å². The second-order valence-electron chi connectivity index (χ2n) is 3.89. The lowest BCUT2D eigenvalue weighted by atomic mass is 10.1. The summed E-state index contributed by atoms with van der Waals surface area (Å²) in [5.41, 5.74) is 0. The van der Waals surface area contributed by atoms with Crippen LogP contribution >= 0.6 is 0 Å². The predicted octanol–water partition coefficient (Wildman–Crippen LogP) is 1.43. The second-order valence-corrected chi connectivity index (χ2v) is 3.89. The van der Waals surface area contributed by atoms with E-state index >= 15 is 0 Å². The molecule has 0 aliphatic heterocycles. The van der Waals surface area contributed by atoms with E-state index in [0.29, 0.717) is 24.7 Å². The van der Waals surface area contributed by atoms with Gasteiger partial charge in [-0.15, -0.1) is 0 Å². The molecule has 1 atom stereocenters. The molecule has 2 N–H and O–H groups in total. The van der Waals surface area contributed by atoms with Gasteiger partial charge in [0.25, 0.3) is 0 Å². The van der Waals surface area contributed by atoms with Crippen molar-refractivity contribution in [1.29, 1.82) is 0 Å². The Balaban J connectivity index is 2.36. The summed E-state index contributed by atoms with van der Waals surface area (Å²) < 4.78 is 12.6. The van der Waals surface area contributed by atoms with Crippen molar-refractivity contribution in [2.45, 2.75) is 26.4 Å². The number of halogens is 1. The maximum absolute atomic E-state index is 12.6. The number of anilines is 1. The maximum Gasteiger partial charge on any atom is 0.217 e. The van der Waals surface area contributed by atoms with Crippen LogP contribution in [0.25, 0.3) is 0 Å². The van der Waals surface area contributed by atoms with Crippen LogP contribution in [0.5, 0.6) is 0 Å². The fourth-order valence-corrected chi connectivity index (χ4v) is 1.28. The number of hydrogen-bond acceptors (Lipinski definition) is 4. The average Bonchev–Trinajstić information content (AvgIpc) is 2.14. The first kappa shape index (κ1) is 11.8. The standard InChI is InChI=1S/C10H16FN3O/c1-7(2)3-8(15)5-12-10-4-9(11)13-6-14-10/h4,6-8,15H,3,5H2,1-2H3,(H,12,13,14). The zero-order valence-corrected chi connectivity index (χ0v) is 8.94. The molecular weight excluding hydrogens is 197 g/mol. The number of rotatable bonds is 5. The van der Waals surface area contributed by atoms with Crippen LogP contribution in [0.3, 0.4) is 0 Å². The molecule has 1 rings (SSSR count). The number of aliphatic hydroxyl groups excluding tert-OH is 1. The Labute approximate surface area is 88.6 Å².